The molecule has 5 rings (SSSR count). The van der Waals surface area contributed by atoms with E-state index in [1.807, 2.05) is 18.3 Å². The first-order chi connectivity index (χ1) is 16.6. The number of ether oxygens (including phenoxy) is 1. The van der Waals surface area contributed by atoms with Gasteiger partial charge in [0.1, 0.15) is 12.4 Å². The Morgan fingerprint density at radius 3 is 2.68 bits per heavy atom. The second-order valence-corrected chi connectivity index (χ2v) is 10.3. The molecule has 0 unspecified atom stereocenters. The number of hydrogen-bond acceptors (Lipinski definition) is 3. The van der Waals surface area contributed by atoms with E-state index >= 15 is 0 Å². The molecule has 3 aromatic rings. The Kier molecular flexibility index (Phi) is 6.91. The summed E-state index contributed by atoms with van der Waals surface area (Å²) in [5.74, 6) is 1.30. The van der Waals surface area contributed by atoms with Crippen LogP contribution >= 0.6 is 0 Å². The summed E-state index contributed by atoms with van der Waals surface area (Å²) in [6.07, 6.45) is 9.40. The number of nitrogens with one attached hydrogen (secondary N) is 1. The highest BCUT2D eigenvalue weighted by molar-refractivity contribution is 5.88. The molecule has 1 aromatic heterocycles. The van der Waals surface area contributed by atoms with Gasteiger partial charge in [0.15, 0.2) is 0 Å². The van der Waals surface area contributed by atoms with Gasteiger partial charge in [-0.25, -0.2) is 0 Å². The third-order valence-corrected chi connectivity index (χ3v) is 7.91. The largest absolute Gasteiger partial charge is 0.492 e. The van der Waals surface area contributed by atoms with Gasteiger partial charge in [0.05, 0.1) is 6.42 Å². The van der Waals surface area contributed by atoms with Crippen molar-refractivity contribution in [3.05, 3.63) is 65.9 Å². The summed E-state index contributed by atoms with van der Waals surface area (Å²) in [6, 6.07) is 16.7. The molecular formula is C29H37N3O2. The molecule has 0 radical (unpaired) electrons. The number of rotatable bonds is 2. The Balaban J connectivity index is 1.21. The van der Waals surface area contributed by atoms with Gasteiger partial charge in [-0.05, 0) is 67.8 Å². The van der Waals surface area contributed by atoms with Crippen LogP contribution in [0.1, 0.15) is 43.2 Å². The summed E-state index contributed by atoms with van der Waals surface area (Å²) in [7, 11) is 2.22. The smallest absolute Gasteiger partial charge is 0.227 e. The number of aromatic nitrogens is 1. The van der Waals surface area contributed by atoms with Gasteiger partial charge in [-0.1, -0.05) is 42.8 Å². The summed E-state index contributed by atoms with van der Waals surface area (Å²) in [5, 5.41) is 1.16. The van der Waals surface area contributed by atoms with Crippen LogP contribution in [0.25, 0.3) is 10.9 Å². The van der Waals surface area contributed by atoms with E-state index in [-0.39, 0.29) is 5.91 Å². The molecule has 0 bridgehead atoms. The highest BCUT2D eigenvalue weighted by Gasteiger charge is 2.36. The van der Waals surface area contributed by atoms with Crippen LogP contribution in [0.3, 0.4) is 0 Å². The monoisotopic (exact) mass is 459 g/mol. The van der Waals surface area contributed by atoms with Gasteiger partial charge < -0.3 is 19.5 Å². The SMILES string of the molecule is CN1CCOc2ccccc2CCCCC2(CCN(C(=O)Cc3c[nH]c4ccccc34)CC2)C1. The zero-order chi connectivity index (χ0) is 23.4. The van der Waals surface area contributed by atoms with Gasteiger partial charge in [0.25, 0.3) is 0 Å². The van der Waals surface area contributed by atoms with Crippen LogP contribution in [0.5, 0.6) is 5.75 Å². The minimum atomic E-state index is 0.256. The molecule has 0 saturated carbocycles. The molecule has 0 aliphatic carbocycles. The molecule has 34 heavy (non-hydrogen) atoms. The summed E-state index contributed by atoms with van der Waals surface area (Å²) in [6.45, 7) is 4.48. The Morgan fingerprint density at radius 1 is 1.00 bits per heavy atom. The number of carbonyl (C=O) groups excluding carboxylic acids is 1. The number of carbonyl (C=O) groups is 1. The third kappa shape index (κ3) is 5.15. The minimum absolute atomic E-state index is 0.256. The number of hydrogen-bond donors (Lipinski definition) is 1. The van der Waals surface area contributed by atoms with Crippen molar-refractivity contribution >= 4 is 16.8 Å². The number of amides is 1. The molecule has 2 aliphatic rings. The third-order valence-electron chi connectivity index (χ3n) is 7.91. The zero-order valence-electron chi connectivity index (χ0n) is 20.4. The maximum absolute atomic E-state index is 13.2. The average Bonchev–Trinajstić information content (AvgIpc) is 3.25. The second-order valence-electron chi connectivity index (χ2n) is 10.3. The highest BCUT2D eigenvalue weighted by Crippen LogP contribution is 2.38. The number of aromatic amines is 1. The fourth-order valence-electron chi connectivity index (χ4n) is 5.90. The lowest BCUT2D eigenvalue weighted by Gasteiger charge is -2.44. The summed E-state index contributed by atoms with van der Waals surface area (Å²) in [4.78, 5) is 21.0. The van der Waals surface area contributed by atoms with E-state index in [1.54, 1.807) is 0 Å². The van der Waals surface area contributed by atoms with Crippen LogP contribution in [-0.2, 0) is 17.6 Å². The molecule has 5 heteroatoms. The van der Waals surface area contributed by atoms with Crippen LogP contribution in [0.4, 0.5) is 0 Å². The van der Waals surface area contributed by atoms with Crippen molar-refractivity contribution in [2.24, 2.45) is 5.41 Å². The number of para-hydroxylation sites is 2. The summed E-state index contributed by atoms with van der Waals surface area (Å²) < 4.78 is 6.14. The Bertz CT molecular complexity index is 1110. The van der Waals surface area contributed by atoms with E-state index in [1.165, 1.54) is 24.8 Å². The standard InChI is InChI=1S/C29H37N3O2/c1-31-18-19-34-27-12-5-2-8-23(27)9-6-7-13-29(22-31)14-16-32(17-15-29)28(33)20-24-21-30-26-11-4-3-10-25(24)26/h2-5,8,10-12,21,30H,6-7,9,13-20,22H2,1H3. The molecule has 1 amide bonds. The molecule has 0 atom stereocenters. The number of likely N-dealkylation sites (tertiary alicyclic amines) is 1. The van der Waals surface area contributed by atoms with E-state index in [9.17, 15) is 4.79 Å². The first-order valence-electron chi connectivity index (χ1n) is 12.8. The number of likely N-dealkylation sites (N-methyl/N-ethyl adjacent to an activating group) is 1. The Labute approximate surface area is 203 Å². The number of fused-ring (bicyclic) bond motifs is 2. The first kappa shape index (κ1) is 23.0. The molecule has 3 heterocycles. The van der Waals surface area contributed by atoms with Crippen molar-refractivity contribution in [1.29, 1.82) is 0 Å². The first-order valence-corrected chi connectivity index (χ1v) is 12.8. The summed E-state index contributed by atoms with van der Waals surface area (Å²) >= 11 is 0. The molecule has 1 saturated heterocycles. The lowest BCUT2D eigenvalue weighted by Crippen LogP contribution is -2.48. The van der Waals surface area contributed by atoms with E-state index < -0.39 is 0 Å². The van der Waals surface area contributed by atoms with Crippen molar-refractivity contribution in [3.8, 4) is 5.75 Å². The van der Waals surface area contributed by atoms with Crippen molar-refractivity contribution in [2.45, 2.75) is 44.9 Å². The normalized spacial score (nSPS) is 19.7. The van der Waals surface area contributed by atoms with Gasteiger partial charge in [-0.2, -0.15) is 0 Å². The molecule has 2 aliphatic heterocycles. The molecule has 1 fully saturated rings. The number of piperidine rings is 1. The topological polar surface area (TPSA) is 48.6 Å². The molecule has 2 aromatic carbocycles. The van der Waals surface area contributed by atoms with E-state index in [0.717, 1.165) is 74.3 Å². The molecular weight excluding hydrogens is 422 g/mol. The predicted molar refractivity (Wildman–Crippen MR) is 137 cm³/mol. The maximum Gasteiger partial charge on any atom is 0.227 e. The quantitative estimate of drug-likeness (QED) is 0.583. The summed E-state index contributed by atoms with van der Waals surface area (Å²) in [5.41, 5.74) is 3.83. The Morgan fingerprint density at radius 2 is 1.79 bits per heavy atom. The van der Waals surface area contributed by atoms with E-state index in [4.69, 9.17) is 4.74 Å². The van der Waals surface area contributed by atoms with Crippen molar-refractivity contribution in [1.82, 2.24) is 14.8 Å². The van der Waals surface area contributed by atoms with Gasteiger partial charge in [0, 0.05) is 43.3 Å². The highest BCUT2D eigenvalue weighted by atomic mass is 16.5. The van der Waals surface area contributed by atoms with E-state index in [0.29, 0.717) is 11.8 Å². The molecule has 1 N–H and O–H groups in total. The number of aryl methyl sites for hydroxylation is 1. The van der Waals surface area contributed by atoms with Crippen molar-refractivity contribution in [2.75, 3.05) is 39.8 Å². The predicted octanol–water partition coefficient (Wildman–Crippen LogP) is 5.06. The fourth-order valence-corrected chi connectivity index (χ4v) is 5.90. The van der Waals surface area contributed by atoms with Gasteiger partial charge in [-0.15, -0.1) is 0 Å². The molecule has 1 spiro atoms. The zero-order valence-corrected chi connectivity index (χ0v) is 20.4. The van der Waals surface area contributed by atoms with Crippen LogP contribution in [0.2, 0.25) is 0 Å². The van der Waals surface area contributed by atoms with Crippen LogP contribution in [-0.4, -0.2) is 60.5 Å². The fraction of sp³-hybridized carbons (Fsp3) is 0.483. The Hall–Kier alpha value is -2.79. The number of H-pyrrole nitrogens is 1. The maximum atomic E-state index is 13.2. The second kappa shape index (κ2) is 10.2. The van der Waals surface area contributed by atoms with Gasteiger partial charge in [-0.3, -0.25) is 4.79 Å². The van der Waals surface area contributed by atoms with E-state index in [2.05, 4.69) is 58.2 Å². The van der Waals surface area contributed by atoms with Crippen LogP contribution < -0.4 is 4.74 Å². The van der Waals surface area contributed by atoms with Crippen LogP contribution in [0, 0.1) is 5.41 Å². The van der Waals surface area contributed by atoms with Gasteiger partial charge >= 0.3 is 0 Å². The van der Waals surface area contributed by atoms with Crippen LogP contribution in [0.15, 0.2) is 54.7 Å². The minimum Gasteiger partial charge on any atom is -0.492 e. The van der Waals surface area contributed by atoms with Crippen molar-refractivity contribution in [3.63, 3.8) is 0 Å². The van der Waals surface area contributed by atoms with Crippen molar-refractivity contribution < 1.29 is 9.53 Å². The molecule has 180 valence electrons. The average molecular weight is 460 g/mol. The van der Waals surface area contributed by atoms with Gasteiger partial charge in [0.2, 0.25) is 5.91 Å². The lowest BCUT2D eigenvalue weighted by molar-refractivity contribution is -0.133. The lowest BCUT2D eigenvalue weighted by atomic mass is 9.73. The number of benzene rings is 2. The number of nitrogens with zero attached hydrogens (tertiary/aromatic N) is 2. The molecule has 5 nitrogen and oxygen atoms in total.